The summed E-state index contributed by atoms with van der Waals surface area (Å²) in [6.45, 7) is 4.13. The third-order valence-corrected chi connectivity index (χ3v) is 7.69. The molecule has 36 heavy (non-hydrogen) atoms. The van der Waals surface area contributed by atoms with Gasteiger partial charge in [-0.2, -0.15) is 4.98 Å². The van der Waals surface area contributed by atoms with Crippen molar-refractivity contribution in [3.05, 3.63) is 65.2 Å². The third kappa shape index (κ3) is 6.00. The molecule has 1 aliphatic carbocycles. The smallest absolute Gasteiger partial charge is 0.335 e. The van der Waals surface area contributed by atoms with Crippen LogP contribution in [0.3, 0.4) is 0 Å². The molecule has 1 saturated carbocycles. The summed E-state index contributed by atoms with van der Waals surface area (Å²) < 4.78 is 34.4. The van der Waals surface area contributed by atoms with Gasteiger partial charge in [0.1, 0.15) is 6.61 Å². The molecule has 1 aliphatic rings. The van der Waals surface area contributed by atoms with Crippen molar-refractivity contribution in [1.82, 2.24) is 9.97 Å². The lowest BCUT2D eigenvalue weighted by Gasteiger charge is -2.27. The van der Waals surface area contributed by atoms with E-state index in [2.05, 4.69) is 14.7 Å². The fourth-order valence-corrected chi connectivity index (χ4v) is 5.27. The molecule has 0 unspecified atom stereocenters. The molecule has 10 heteroatoms. The quantitative estimate of drug-likeness (QED) is 0.369. The summed E-state index contributed by atoms with van der Waals surface area (Å²) in [5.41, 5.74) is 9.38. The Kier molecular flexibility index (Phi) is 7.56. The molecule has 0 amide bonds. The van der Waals surface area contributed by atoms with Crippen LogP contribution in [0.5, 0.6) is 5.88 Å². The fraction of sp³-hybridized carbons (Fsp3) is 0.346. The normalized spacial score (nSPS) is 14.6. The Balaban J connectivity index is 1.66. The molecule has 1 atom stereocenters. The van der Waals surface area contributed by atoms with Gasteiger partial charge in [-0.3, -0.25) is 0 Å². The summed E-state index contributed by atoms with van der Waals surface area (Å²) in [6, 6.07) is 12.4. The van der Waals surface area contributed by atoms with Crippen molar-refractivity contribution in [1.29, 1.82) is 0 Å². The second kappa shape index (κ2) is 10.6. The van der Waals surface area contributed by atoms with Crippen LogP contribution in [0.2, 0.25) is 0 Å². The number of carbonyl (C=O) groups is 1. The highest BCUT2D eigenvalue weighted by Crippen LogP contribution is 2.31. The van der Waals surface area contributed by atoms with E-state index in [4.69, 9.17) is 10.5 Å². The molecule has 4 N–H and O–H groups in total. The minimum atomic E-state index is -4.17. The Labute approximate surface area is 210 Å². The largest absolute Gasteiger partial charge is 0.478 e. The number of ether oxygens (including phenoxy) is 1. The average molecular weight is 511 g/mol. The first kappa shape index (κ1) is 25.6. The summed E-state index contributed by atoms with van der Waals surface area (Å²) in [6.07, 6.45) is 4.48. The van der Waals surface area contributed by atoms with Crippen molar-refractivity contribution in [3.8, 4) is 17.1 Å². The molecule has 0 bridgehead atoms. The van der Waals surface area contributed by atoms with E-state index >= 15 is 0 Å². The molecule has 1 heterocycles. The molecule has 3 aromatic rings. The van der Waals surface area contributed by atoms with Gasteiger partial charge in [-0.25, -0.2) is 22.9 Å². The molecular weight excluding hydrogens is 480 g/mol. The predicted octanol–water partition coefficient (Wildman–Crippen LogP) is 4.16. The number of aromatic nitrogens is 2. The van der Waals surface area contributed by atoms with Crippen LogP contribution in [0.15, 0.2) is 53.4 Å². The summed E-state index contributed by atoms with van der Waals surface area (Å²) in [7, 11) is -4.17. The van der Waals surface area contributed by atoms with E-state index < -0.39 is 16.0 Å². The number of nitrogens with zero attached hydrogens (tertiary/aromatic N) is 2. The van der Waals surface area contributed by atoms with Crippen LogP contribution in [0.4, 0.5) is 5.95 Å². The zero-order chi connectivity index (χ0) is 25.9. The second-order valence-corrected chi connectivity index (χ2v) is 10.9. The third-order valence-electron chi connectivity index (χ3n) is 6.36. The van der Waals surface area contributed by atoms with E-state index in [1.807, 2.05) is 32.0 Å². The Morgan fingerprint density at radius 2 is 1.83 bits per heavy atom. The van der Waals surface area contributed by atoms with E-state index in [0.717, 1.165) is 29.2 Å². The van der Waals surface area contributed by atoms with Crippen LogP contribution in [0.25, 0.3) is 11.3 Å². The highest BCUT2D eigenvalue weighted by molar-refractivity contribution is 7.92. The Morgan fingerprint density at radius 1 is 1.14 bits per heavy atom. The van der Waals surface area contributed by atoms with Gasteiger partial charge in [-0.15, -0.1) is 0 Å². The molecule has 9 nitrogen and oxygen atoms in total. The first-order valence-corrected chi connectivity index (χ1v) is 13.3. The van der Waals surface area contributed by atoms with Crippen LogP contribution >= 0.6 is 0 Å². The number of anilines is 1. The van der Waals surface area contributed by atoms with Gasteiger partial charge in [-0.05, 0) is 55.5 Å². The number of carboxylic acid groups (broad SMARTS) is 1. The fourth-order valence-electron chi connectivity index (χ4n) is 4.28. The monoisotopic (exact) mass is 510 g/mol. The number of sulfonamides is 1. The predicted molar refractivity (Wildman–Crippen MR) is 137 cm³/mol. The lowest BCUT2D eigenvalue weighted by Crippen LogP contribution is -2.32. The highest BCUT2D eigenvalue weighted by Gasteiger charge is 2.22. The van der Waals surface area contributed by atoms with Crippen LogP contribution in [-0.2, 0) is 10.0 Å². The first-order valence-electron chi connectivity index (χ1n) is 11.8. The molecule has 0 spiro atoms. The summed E-state index contributed by atoms with van der Waals surface area (Å²) in [4.78, 5) is 19.8. The number of nitrogens with two attached hydrogens (primary N) is 1. The number of hydrogen-bond donors (Lipinski definition) is 3. The number of hydrogen-bond acceptors (Lipinski definition) is 7. The number of nitrogens with one attached hydrogen (secondary N) is 1. The van der Waals surface area contributed by atoms with Crippen molar-refractivity contribution in [2.45, 2.75) is 50.5 Å². The van der Waals surface area contributed by atoms with Gasteiger partial charge in [0.05, 0.1) is 16.2 Å². The SMILES string of the molecule is Cc1cccc(C)c1-c1cc(OC[C@H](N)CC2CCC2)nc(NS(=O)(=O)c2cccc(C(=O)O)c2)n1. The van der Waals surface area contributed by atoms with Crippen LogP contribution < -0.4 is 15.2 Å². The minimum absolute atomic E-state index is 0.146. The molecule has 4 rings (SSSR count). The number of benzene rings is 2. The van der Waals surface area contributed by atoms with Gasteiger partial charge in [0.2, 0.25) is 11.8 Å². The van der Waals surface area contributed by atoms with Gasteiger partial charge < -0.3 is 15.6 Å². The summed E-state index contributed by atoms with van der Waals surface area (Å²) in [5, 5.41) is 9.23. The molecule has 1 fully saturated rings. The Bertz CT molecular complexity index is 1350. The molecule has 190 valence electrons. The van der Waals surface area contributed by atoms with Crippen LogP contribution in [0, 0.1) is 19.8 Å². The second-order valence-electron chi connectivity index (χ2n) is 9.22. The van der Waals surface area contributed by atoms with Crippen molar-refractivity contribution in [2.24, 2.45) is 11.7 Å². The summed E-state index contributed by atoms with van der Waals surface area (Å²) >= 11 is 0. The molecule has 0 aliphatic heterocycles. The molecule has 2 aromatic carbocycles. The van der Waals surface area contributed by atoms with Gasteiger partial charge >= 0.3 is 5.97 Å². The van der Waals surface area contributed by atoms with Crippen molar-refractivity contribution in [3.63, 3.8) is 0 Å². The maximum atomic E-state index is 13.1. The van der Waals surface area contributed by atoms with Crippen molar-refractivity contribution < 1.29 is 23.1 Å². The maximum absolute atomic E-state index is 13.1. The van der Waals surface area contributed by atoms with Crippen LogP contribution in [-0.4, -0.2) is 42.1 Å². The van der Waals surface area contributed by atoms with Crippen LogP contribution in [0.1, 0.15) is 47.2 Å². The van der Waals surface area contributed by atoms with Crippen molar-refractivity contribution >= 4 is 21.9 Å². The lowest BCUT2D eigenvalue weighted by atomic mass is 9.81. The van der Waals surface area contributed by atoms with Gasteiger partial charge in [-0.1, -0.05) is 43.5 Å². The zero-order valence-corrected chi connectivity index (χ0v) is 21.1. The molecular formula is C26H30N4O5S. The average Bonchev–Trinajstić information content (AvgIpc) is 2.80. The minimum Gasteiger partial charge on any atom is -0.478 e. The Hall–Kier alpha value is -3.50. The number of aryl methyl sites for hydroxylation is 2. The van der Waals surface area contributed by atoms with E-state index in [1.54, 1.807) is 6.07 Å². The first-order chi connectivity index (χ1) is 17.1. The van der Waals surface area contributed by atoms with Gasteiger partial charge in [0.15, 0.2) is 0 Å². The molecule has 1 aromatic heterocycles. The van der Waals surface area contributed by atoms with E-state index in [1.165, 1.54) is 37.5 Å². The lowest BCUT2D eigenvalue weighted by molar-refractivity contribution is 0.0696. The van der Waals surface area contributed by atoms with Gasteiger partial charge in [0, 0.05) is 17.7 Å². The van der Waals surface area contributed by atoms with E-state index in [9.17, 15) is 18.3 Å². The van der Waals surface area contributed by atoms with E-state index in [0.29, 0.717) is 11.6 Å². The Morgan fingerprint density at radius 3 is 2.47 bits per heavy atom. The van der Waals surface area contributed by atoms with Crippen molar-refractivity contribution in [2.75, 3.05) is 11.3 Å². The molecule has 0 radical (unpaired) electrons. The summed E-state index contributed by atoms with van der Waals surface area (Å²) in [5.74, 6) is -0.584. The van der Waals surface area contributed by atoms with Gasteiger partial charge in [0.25, 0.3) is 10.0 Å². The number of carboxylic acids is 1. The zero-order valence-electron chi connectivity index (χ0n) is 20.3. The maximum Gasteiger partial charge on any atom is 0.335 e. The highest BCUT2D eigenvalue weighted by atomic mass is 32.2. The number of rotatable bonds is 10. The topological polar surface area (TPSA) is 144 Å². The number of aromatic carboxylic acids is 1. The van der Waals surface area contributed by atoms with E-state index in [-0.39, 0.29) is 34.9 Å². The molecule has 0 saturated heterocycles. The standard InChI is InChI=1S/C26H30N4O5S/c1-16-6-3-7-17(2)24(16)22-14-23(35-15-20(27)12-18-8-4-9-18)29-26(28-22)30-36(33,34)21-11-5-10-19(13-21)25(31)32/h3,5-7,10-11,13-14,18,20H,4,8-9,12,15,27H2,1-2H3,(H,31,32)(H,28,29,30)/t20-/m1/s1.